The molecule has 0 fully saturated rings. The molecular formula is C19H19N5O2S. The third-order valence-electron chi connectivity index (χ3n) is 4.52. The Hall–Kier alpha value is -3.00. The van der Waals surface area contributed by atoms with Gasteiger partial charge in [0, 0.05) is 43.4 Å². The van der Waals surface area contributed by atoms with Crippen molar-refractivity contribution < 1.29 is 9.59 Å². The van der Waals surface area contributed by atoms with Crippen molar-refractivity contribution in [2.24, 2.45) is 0 Å². The Morgan fingerprint density at radius 3 is 2.78 bits per heavy atom. The Labute approximate surface area is 160 Å². The molecule has 0 spiro atoms. The molecule has 1 aromatic carbocycles. The molecule has 0 radical (unpaired) electrons. The number of anilines is 1. The predicted octanol–water partition coefficient (Wildman–Crippen LogP) is 3.20. The molecule has 3 heterocycles. The van der Waals surface area contributed by atoms with E-state index >= 15 is 0 Å². The van der Waals surface area contributed by atoms with Crippen LogP contribution in [0.15, 0.2) is 48.7 Å². The lowest BCUT2D eigenvalue weighted by molar-refractivity contribution is 0.0982. The lowest BCUT2D eigenvalue weighted by Crippen LogP contribution is -2.40. The number of ketones is 1. The molecule has 27 heavy (non-hydrogen) atoms. The average molecular weight is 381 g/mol. The van der Waals surface area contributed by atoms with Gasteiger partial charge in [0.1, 0.15) is 5.01 Å². The maximum absolute atomic E-state index is 12.4. The second kappa shape index (κ2) is 7.71. The number of hydrogen-bond acceptors (Lipinski definition) is 5. The van der Waals surface area contributed by atoms with E-state index in [1.54, 1.807) is 4.90 Å². The number of amides is 2. The standard InChI is InChI=1S/C19H19N5O2S/c25-16(14-5-2-1-3-6-14)8-9-17-21-22-18(27-17)20-19(26)24-12-11-23-10-4-7-15(23)13-24/h1-7,10H,8-9,11-13H2,(H,20,22,26). The van der Waals surface area contributed by atoms with Crippen molar-refractivity contribution in [3.63, 3.8) is 0 Å². The number of benzene rings is 1. The smallest absolute Gasteiger partial charge is 0.324 e. The van der Waals surface area contributed by atoms with Gasteiger partial charge in [0.2, 0.25) is 5.13 Å². The summed E-state index contributed by atoms with van der Waals surface area (Å²) in [4.78, 5) is 26.4. The van der Waals surface area contributed by atoms with E-state index in [0.717, 1.165) is 17.2 Å². The van der Waals surface area contributed by atoms with Crippen LogP contribution in [0.2, 0.25) is 0 Å². The SMILES string of the molecule is O=C(CCc1nnc(NC(=O)N2CCn3cccc3C2)s1)c1ccccc1. The van der Waals surface area contributed by atoms with Crippen LogP contribution in [-0.2, 0) is 19.5 Å². The van der Waals surface area contributed by atoms with Gasteiger partial charge in [-0.15, -0.1) is 10.2 Å². The van der Waals surface area contributed by atoms with Gasteiger partial charge in [-0.1, -0.05) is 41.7 Å². The van der Waals surface area contributed by atoms with Gasteiger partial charge in [-0.2, -0.15) is 0 Å². The molecule has 0 aliphatic carbocycles. The van der Waals surface area contributed by atoms with Crippen LogP contribution >= 0.6 is 11.3 Å². The van der Waals surface area contributed by atoms with Gasteiger partial charge in [0.15, 0.2) is 5.78 Å². The summed E-state index contributed by atoms with van der Waals surface area (Å²) in [5, 5.41) is 12.1. The number of carbonyl (C=O) groups is 2. The van der Waals surface area contributed by atoms with E-state index in [2.05, 4.69) is 20.1 Å². The molecule has 1 N–H and O–H groups in total. The molecule has 8 heteroatoms. The van der Waals surface area contributed by atoms with E-state index < -0.39 is 0 Å². The molecule has 1 aliphatic rings. The van der Waals surface area contributed by atoms with E-state index in [1.807, 2.05) is 48.7 Å². The Kier molecular flexibility index (Phi) is 4.97. The van der Waals surface area contributed by atoms with Crippen LogP contribution in [0.4, 0.5) is 9.93 Å². The van der Waals surface area contributed by atoms with Gasteiger partial charge in [0.25, 0.3) is 0 Å². The molecule has 1 aliphatic heterocycles. The van der Waals surface area contributed by atoms with Crippen molar-refractivity contribution in [1.29, 1.82) is 0 Å². The predicted molar refractivity (Wildman–Crippen MR) is 103 cm³/mol. The molecule has 2 aromatic heterocycles. The minimum atomic E-state index is -0.175. The summed E-state index contributed by atoms with van der Waals surface area (Å²) in [5.74, 6) is 0.0766. The highest BCUT2D eigenvalue weighted by atomic mass is 32.1. The number of nitrogens with zero attached hydrogens (tertiary/aromatic N) is 4. The highest BCUT2D eigenvalue weighted by Gasteiger charge is 2.21. The number of aromatic nitrogens is 3. The first-order valence-electron chi connectivity index (χ1n) is 8.79. The number of carbonyl (C=O) groups excluding carboxylic acids is 2. The lowest BCUT2D eigenvalue weighted by Gasteiger charge is -2.28. The second-order valence-electron chi connectivity index (χ2n) is 6.33. The minimum Gasteiger partial charge on any atom is -0.348 e. The van der Waals surface area contributed by atoms with Crippen LogP contribution in [0.5, 0.6) is 0 Å². The lowest BCUT2D eigenvalue weighted by atomic mass is 10.1. The third kappa shape index (κ3) is 4.06. The van der Waals surface area contributed by atoms with Crippen LogP contribution in [0, 0.1) is 0 Å². The minimum absolute atomic E-state index is 0.0766. The summed E-state index contributed by atoms with van der Waals surface area (Å²) in [7, 11) is 0. The fraction of sp³-hybridized carbons (Fsp3) is 0.263. The van der Waals surface area contributed by atoms with Gasteiger partial charge in [-0.3, -0.25) is 10.1 Å². The van der Waals surface area contributed by atoms with Crippen LogP contribution in [-0.4, -0.2) is 38.0 Å². The Bertz CT molecular complexity index is 950. The molecule has 0 saturated heterocycles. The summed E-state index contributed by atoms with van der Waals surface area (Å²) in [6, 6.07) is 13.0. The normalized spacial score (nSPS) is 13.3. The first-order valence-corrected chi connectivity index (χ1v) is 9.61. The Balaban J connectivity index is 1.30. The zero-order chi connectivity index (χ0) is 18.6. The van der Waals surface area contributed by atoms with Crippen molar-refractivity contribution in [3.8, 4) is 0 Å². The molecule has 3 aromatic rings. The van der Waals surface area contributed by atoms with E-state index in [0.29, 0.717) is 36.6 Å². The van der Waals surface area contributed by atoms with Crippen molar-refractivity contribution in [2.75, 3.05) is 11.9 Å². The number of nitrogens with one attached hydrogen (secondary N) is 1. The van der Waals surface area contributed by atoms with Crippen molar-refractivity contribution in [3.05, 3.63) is 64.9 Å². The van der Waals surface area contributed by atoms with E-state index in [4.69, 9.17) is 0 Å². The largest absolute Gasteiger partial charge is 0.348 e. The topological polar surface area (TPSA) is 80.1 Å². The summed E-state index contributed by atoms with van der Waals surface area (Å²) < 4.78 is 2.15. The molecule has 0 atom stereocenters. The molecular weight excluding hydrogens is 362 g/mol. The van der Waals surface area contributed by atoms with Crippen LogP contribution in [0.25, 0.3) is 0 Å². The zero-order valence-corrected chi connectivity index (χ0v) is 15.5. The monoisotopic (exact) mass is 381 g/mol. The summed E-state index contributed by atoms with van der Waals surface area (Å²) in [6.07, 6.45) is 2.91. The second-order valence-corrected chi connectivity index (χ2v) is 7.40. The number of Topliss-reactive ketones (excluding diaryl/α,β-unsaturated/α-hetero) is 1. The molecule has 0 bridgehead atoms. The summed E-state index contributed by atoms with van der Waals surface area (Å²) in [5.41, 5.74) is 1.82. The highest BCUT2D eigenvalue weighted by Crippen LogP contribution is 2.19. The molecule has 4 rings (SSSR count). The first kappa shape index (κ1) is 17.4. The molecule has 0 saturated carbocycles. The van der Waals surface area contributed by atoms with Gasteiger partial charge in [-0.05, 0) is 12.1 Å². The first-order chi connectivity index (χ1) is 13.2. The number of rotatable bonds is 5. The van der Waals surface area contributed by atoms with E-state index in [9.17, 15) is 9.59 Å². The number of hydrogen-bond donors (Lipinski definition) is 1. The Morgan fingerprint density at radius 2 is 1.93 bits per heavy atom. The number of fused-ring (bicyclic) bond motifs is 1. The number of urea groups is 1. The van der Waals surface area contributed by atoms with Crippen LogP contribution in [0.1, 0.15) is 27.5 Å². The summed E-state index contributed by atoms with van der Waals surface area (Å²) in [6.45, 7) is 2.03. The number of aryl methyl sites for hydroxylation is 1. The van der Waals surface area contributed by atoms with Gasteiger partial charge in [-0.25, -0.2) is 4.79 Å². The van der Waals surface area contributed by atoms with Crippen molar-refractivity contribution >= 4 is 28.3 Å². The zero-order valence-electron chi connectivity index (χ0n) is 14.7. The van der Waals surface area contributed by atoms with Crippen molar-refractivity contribution in [1.82, 2.24) is 19.7 Å². The van der Waals surface area contributed by atoms with Crippen LogP contribution in [0.3, 0.4) is 0 Å². The fourth-order valence-electron chi connectivity index (χ4n) is 3.05. The molecule has 7 nitrogen and oxygen atoms in total. The fourth-order valence-corrected chi connectivity index (χ4v) is 3.78. The maximum Gasteiger partial charge on any atom is 0.324 e. The van der Waals surface area contributed by atoms with Gasteiger partial charge >= 0.3 is 6.03 Å². The third-order valence-corrected chi connectivity index (χ3v) is 5.42. The van der Waals surface area contributed by atoms with Gasteiger partial charge in [0.05, 0.1) is 6.54 Å². The Morgan fingerprint density at radius 1 is 1.07 bits per heavy atom. The van der Waals surface area contributed by atoms with E-state index in [-0.39, 0.29) is 11.8 Å². The van der Waals surface area contributed by atoms with Gasteiger partial charge < -0.3 is 9.47 Å². The molecule has 0 unspecified atom stereocenters. The maximum atomic E-state index is 12.4. The van der Waals surface area contributed by atoms with Crippen molar-refractivity contribution in [2.45, 2.75) is 25.9 Å². The van der Waals surface area contributed by atoms with E-state index in [1.165, 1.54) is 11.3 Å². The summed E-state index contributed by atoms with van der Waals surface area (Å²) >= 11 is 1.31. The van der Waals surface area contributed by atoms with Crippen LogP contribution < -0.4 is 5.32 Å². The highest BCUT2D eigenvalue weighted by molar-refractivity contribution is 7.15. The molecule has 138 valence electrons. The quantitative estimate of drug-likeness (QED) is 0.688. The molecule has 2 amide bonds. The average Bonchev–Trinajstić information content (AvgIpc) is 3.35.